The van der Waals surface area contributed by atoms with Gasteiger partial charge in [0.2, 0.25) is 0 Å². The number of halogens is 2. The van der Waals surface area contributed by atoms with Gasteiger partial charge in [0, 0.05) is 26.2 Å². The van der Waals surface area contributed by atoms with Crippen molar-refractivity contribution >= 4 is 32.6 Å². The Kier molecular flexibility index (Phi) is 5.13. The smallest absolute Gasteiger partial charge is 0.259 e. The first-order valence-electron chi connectivity index (χ1n) is 9.09. The maximum absolute atomic E-state index is 13.9. The van der Waals surface area contributed by atoms with Crippen molar-refractivity contribution in [2.24, 2.45) is 0 Å². The van der Waals surface area contributed by atoms with Crippen LogP contribution in [0.3, 0.4) is 0 Å². The zero-order valence-electron chi connectivity index (χ0n) is 15.3. The SMILES string of the molecule is CCOc1cccc2sc(N3CCN(C(=O)c4c(F)cccc4F)CC3)nc12. The number of aromatic nitrogens is 1. The molecule has 0 atom stereocenters. The number of carbonyl (C=O) groups is 1. The fourth-order valence-electron chi connectivity index (χ4n) is 3.28. The molecule has 0 spiro atoms. The van der Waals surface area contributed by atoms with Crippen LogP contribution in [-0.2, 0) is 0 Å². The number of thiazole rings is 1. The van der Waals surface area contributed by atoms with E-state index >= 15 is 0 Å². The number of hydrogen-bond acceptors (Lipinski definition) is 5. The van der Waals surface area contributed by atoms with Crippen LogP contribution >= 0.6 is 11.3 Å². The van der Waals surface area contributed by atoms with Crippen LogP contribution in [0.4, 0.5) is 13.9 Å². The molecular weight excluding hydrogens is 384 g/mol. The molecule has 8 heteroatoms. The monoisotopic (exact) mass is 403 g/mol. The number of para-hydroxylation sites is 1. The number of amides is 1. The zero-order chi connectivity index (χ0) is 19.7. The highest BCUT2D eigenvalue weighted by Gasteiger charge is 2.27. The van der Waals surface area contributed by atoms with Crippen LogP contribution < -0.4 is 9.64 Å². The Hall–Kier alpha value is -2.74. The maximum atomic E-state index is 13.9. The van der Waals surface area contributed by atoms with Gasteiger partial charge in [-0.1, -0.05) is 23.5 Å². The minimum absolute atomic E-state index is 0.376. The van der Waals surface area contributed by atoms with E-state index in [-0.39, 0.29) is 0 Å². The lowest BCUT2D eigenvalue weighted by atomic mass is 10.1. The summed E-state index contributed by atoms with van der Waals surface area (Å²) in [5, 5.41) is 0.853. The predicted octanol–water partition coefficient (Wildman–Crippen LogP) is 3.94. The summed E-state index contributed by atoms with van der Waals surface area (Å²) < 4.78 is 34.5. The highest BCUT2D eigenvalue weighted by Crippen LogP contribution is 2.34. The molecule has 28 heavy (non-hydrogen) atoms. The van der Waals surface area contributed by atoms with E-state index in [0.717, 1.165) is 33.2 Å². The molecule has 0 aliphatic carbocycles. The van der Waals surface area contributed by atoms with Crippen LogP contribution in [0.25, 0.3) is 10.2 Å². The molecule has 0 radical (unpaired) electrons. The number of carbonyl (C=O) groups excluding carboxylic acids is 1. The zero-order valence-corrected chi connectivity index (χ0v) is 16.1. The Morgan fingerprint density at radius 1 is 1.11 bits per heavy atom. The van der Waals surface area contributed by atoms with E-state index < -0.39 is 23.1 Å². The van der Waals surface area contributed by atoms with Crippen LogP contribution in [-0.4, -0.2) is 48.6 Å². The largest absolute Gasteiger partial charge is 0.492 e. The second-order valence-corrected chi connectivity index (χ2v) is 7.42. The number of nitrogens with zero attached hydrogens (tertiary/aromatic N) is 3. The molecule has 1 aromatic heterocycles. The standard InChI is InChI=1S/C20H19F2N3O2S/c1-2-27-15-7-4-8-16-18(15)23-20(28-16)25-11-9-24(10-12-25)19(26)17-13(21)5-3-6-14(17)22/h3-8H,2,9-12H2,1H3. The maximum Gasteiger partial charge on any atom is 0.259 e. The lowest BCUT2D eigenvalue weighted by Crippen LogP contribution is -2.49. The Balaban J connectivity index is 1.49. The van der Waals surface area contributed by atoms with Gasteiger partial charge in [0.1, 0.15) is 28.5 Å². The van der Waals surface area contributed by atoms with Crippen molar-refractivity contribution in [3.8, 4) is 5.75 Å². The van der Waals surface area contributed by atoms with Gasteiger partial charge in [-0.05, 0) is 31.2 Å². The van der Waals surface area contributed by atoms with Crippen LogP contribution in [0.15, 0.2) is 36.4 Å². The topological polar surface area (TPSA) is 45.7 Å². The molecular formula is C20H19F2N3O2S. The van der Waals surface area contributed by atoms with Crippen LogP contribution in [0, 0.1) is 11.6 Å². The highest BCUT2D eigenvalue weighted by atomic mass is 32.1. The van der Waals surface area contributed by atoms with Gasteiger partial charge in [-0.25, -0.2) is 13.8 Å². The first kappa shape index (κ1) is 18.6. The second-order valence-electron chi connectivity index (χ2n) is 6.41. The average Bonchev–Trinajstić information content (AvgIpc) is 3.13. The Morgan fingerprint density at radius 3 is 2.46 bits per heavy atom. The molecule has 4 rings (SSSR count). The summed E-state index contributed by atoms with van der Waals surface area (Å²) in [6, 6.07) is 9.29. The number of rotatable bonds is 4. The molecule has 5 nitrogen and oxygen atoms in total. The van der Waals surface area contributed by atoms with Gasteiger partial charge in [-0.3, -0.25) is 4.79 Å². The van der Waals surface area contributed by atoms with Gasteiger partial charge in [0.25, 0.3) is 5.91 Å². The van der Waals surface area contributed by atoms with Crippen LogP contribution in [0.5, 0.6) is 5.75 Å². The number of benzene rings is 2. The second kappa shape index (κ2) is 7.71. The van der Waals surface area contributed by atoms with E-state index in [2.05, 4.69) is 4.90 Å². The molecule has 1 aliphatic rings. The molecule has 0 saturated carbocycles. The lowest BCUT2D eigenvalue weighted by molar-refractivity contribution is 0.0737. The summed E-state index contributed by atoms with van der Waals surface area (Å²) in [5.41, 5.74) is 0.341. The molecule has 2 heterocycles. The van der Waals surface area contributed by atoms with Gasteiger partial charge in [0.15, 0.2) is 5.13 Å². The minimum Gasteiger partial charge on any atom is -0.492 e. The van der Waals surface area contributed by atoms with Crippen LogP contribution in [0.1, 0.15) is 17.3 Å². The third-order valence-corrected chi connectivity index (χ3v) is 5.77. The van der Waals surface area contributed by atoms with Crippen LogP contribution in [0.2, 0.25) is 0 Å². The van der Waals surface area contributed by atoms with Gasteiger partial charge in [-0.15, -0.1) is 0 Å². The normalized spacial score (nSPS) is 14.5. The number of piperazine rings is 1. The number of ether oxygens (including phenoxy) is 1. The van der Waals surface area contributed by atoms with Gasteiger partial charge >= 0.3 is 0 Å². The molecule has 0 N–H and O–H groups in total. The van der Waals surface area contributed by atoms with Crippen molar-refractivity contribution < 1.29 is 18.3 Å². The van der Waals surface area contributed by atoms with Crippen molar-refractivity contribution in [1.29, 1.82) is 0 Å². The minimum atomic E-state index is -0.831. The quantitative estimate of drug-likeness (QED) is 0.662. The summed E-state index contributed by atoms with van der Waals surface area (Å²) in [5.74, 6) is -1.52. The Bertz CT molecular complexity index is 996. The van der Waals surface area contributed by atoms with E-state index in [4.69, 9.17) is 9.72 Å². The molecule has 146 valence electrons. The molecule has 1 aliphatic heterocycles. The van der Waals surface area contributed by atoms with Crippen molar-refractivity contribution in [2.45, 2.75) is 6.92 Å². The Morgan fingerprint density at radius 2 is 1.79 bits per heavy atom. The van der Waals surface area contributed by atoms with Gasteiger partial charge in [0.05, 0.1) is 11.3 Å². The van der Waals surface area contributed by atoms with E-state index in [1.54, 1.807) is 11.3 Å². The summed E-state index contributed by atoms with van der Waals surface area (Å²) in [6.07, 6.45) is 0. The lowest BCUT2D eigenvalue weighted by Gasteiger charge is -2.34. The number of anilines is 1. The molecule has 3 aromatic rings. The summed E-state index contributed by atoms with van der Waals surface area (Å²) in [6.45, 7) is 4.35. The molecule has 0 unspecified atom stereocenters. The molecule has 2 aromatic carbocycles. The van der Waals surface area contributed by atoms with Crippen molar-refractivity contribution in [3.05, 3.63) is 53.6 Å². The van der Waals surface area contributed by atoms with Gasteiger partial charge < -0.3 is 14.5 Å². The van der Waals surface area contributed by atoms with Crippen molar-refractivity contribution in [1.82, 2.24) is 9.88 Å². The molecule has 1 saturated heterocycles. The molecule has 0 bridgehead atoms. The molecule has 1 amide bonds. The molecule has 1 fully saturated rings. The summed E-state index contributed by atoms with van der Waals surface area (Å²) in [7, 11) is 0. The fourth-order valence-corrected chi connectivity index (χ4v) is 4.31. The average molecular weight is 403 g/mol. The Labute approximate surface area is 165 Å². The summed E-state index contributed by atoms with van der Waals surface area (Å²) >= 11 is 1.57. The highest BCUT2D eigenvalue weighted by molar-refractivity contribution is 7.22. The van der Waals surface area contributed by atoms with Gasteiger partial charge in [-0.2, -0.15) is 0 Å². The number of fused-ring (bicyclic) bond motifs is 1. The number of hydrogen-bond donors (Lipinski definition) is 0. The van der Waals surface area contributed by atoms with Crippen molar-refractivity contribution in [2.75, 3.05) is 37.7 Å². The predicted molar refractivity (Wildman–Crippen MR) is 105 cm³/mol. The first-order valence-corrected chi connectivity index (χ1v) is 9.90. The van der Waals surface area contributed by atoms with E-state index in [1.165, 1.54) is 11.0 Å². The first-order chi connectivity index (χ1) is 13.6. The fraction of sp³-hybridized carbons (Fsp3) is 0.300. The third kappa shape index (κ3) is 3.40. The van der Waals surface area contributed by atoms with E-state index in [1.807, 2.05) is 25.1 Å². The summed E-state index contributed by atoms with van der Waals surface area (Å²) in [4.78, 5) is 20.8. The third-order valence-electron chi connectivity index (χ3n) is 4.68. The van der Waals surface area contributed by atoms with E-state index in [9.17, 15) is 13.6 Å². The van der Waals surface area contributed by atoms with Crippen molar-refractivity contribution in [3.63, 3.8) is 0 Å². The van der Waals surface area contributed by atoms with E-state index in [0.29, 0.717) is 32.8 Å².